The van der Waals surface area contributed by atoms with Crippen LogP contribution in [0.3, 0.4) is 0 Å². The van der Waals surface area contributed by atoms with Crippen LogP contribution >= 0.6 is 0 Å². The summed E-state index contributed by atoms with van der Waals surface area (Å²) >= 11 is 0. The third kappa shape index (κ3) is 3.06. The number of hydrogen-bond acceptors (Lipinski definition) is 2. The fraction of sp³-hybridized carbons (Fsp3) is 0.267. The Morgan fingerprint density at radius 3 is 2.35 bits per heavy atom. The molecule has 2 N–H and O–H groups in total. The zero-order valence-electron chi connectivity index (χ0n) is 10.4. The van der Waals surface area contributed by atoms with Crippen LogP contribution in [0.4, 0.5) is 5.82 Å². The lowest BCUT2D eigenvalue weighted by Gasteiger charge is -2.06. The largest absolute Gasteiger partial charge is 0.384 e. The second-order valence-electron chi connectivity index (χ2n) is 4.74. The van der Waals surface area contributed by atoms with Crippen molar-refractivity contribution in [1.29, 1.82) is 0 Å². The van der Waals surface area contributed by atoms with Crippen LogP contribution in [-0.2, 0) is 6.42 Å². The molecule has 0 saturated carbocycles. The van der Waals surface area contributed by atoms with Crippen LogP contribution in [0, 0.1) is 5.92 Å². The Balaban J connectivity index is 2.23. The van der Waals surface area contributed by atoms with Gasteiger partial charge in [-0.05, 0) is 30.0 Å². The summed E-state index contributed by atoms with van der Waals surface area (Å²) in [6.07, 6.45) is 1.12. The standard InChI is InChI=1S/C15H18N2/c1-11(2)10-12-6-8-13(9-7-12)14-4-3-5-15(16)17-14/h3-9,11H,10H2,1-2H3,(H2,16,17). The molecule has 0 aliphatic heterocycles. The van der Waals surface area contributed by atoms with Crippen molar-refractivity contribution < 1.29 is 0 Å². The van der Waals surface area contributed by atoms with Crippen molar-refractivity contribution in [3.8, 4) is 11.3 Å². The SMILES string of the molecule is CC(C)Cc1ccc(-c2cccc(N)n2)cc1. The molecule has 2 nitrogen and oxygen atoms in total. The molecule has 2 rings (SSSR count). The molecule has 2 aromatic rings. The Hall–Kier alpha value is -1.83. The first kappa shape index (κ1) is 11.6. The van der Waals surface area contributed by atoms with Crippen molar-refractivity contribution >= 4 is 5.82 Å². The normalized spacial score (nSPS) is 10.8. The van der Waals surface area contributed by atoms with Crippen molar-refractivity contribution in [1.82, 2.24) is 4.98 Å². The minimum atomic E-state index is 0.564. The highest BCUT2D eigenvalue weighted by molar-refractivity contribution is 5.61. The highest BCUT2D eigenvalue weighted by Gasteiger charge is 2.01. The summed E-state index contributed by atoms with van der Waals surface area (Å²) in [6.45, 7) is 4.46. The second kappa shape index (κ2) is 5.00. The van der Waals surface area contributed by atoms with E-state index < -0.39 is 0 Å². The van der Waals surface area contributed by atoms with Crippen LogP contribution in [0.15, 0.2) is 42.5 Å². The maximum absolute atomic E-state index is 5.68. The molecule has 1 aromatic heterocycles. The first-order valence-corrected chi connectivity index (χ1v) is 5.97. The lowest BCUT2D eigenvalue weighted by Crippen LogP contribution is -1.94. The van der Waals surface area contributed by atoms with E-state index in [0.29, 0.717) is 11.7 Å². The number of hydrogen-bond donors (Lipinski definition) is 1. The molecule has 1 heterocycles. The molecule has 88 valence electrons. The molecular weight excluding hydrogens is 208 g/mol. The summed E-state index contributed by atoms with van der Waals surface area (Å²) < 4.78 is 0. The van der Waals surface area contributed by atoms with Crippen LogP contribution in [0.1, 0.15) is 19.4 Å². The predicted octanol–water partition coefficient (Wildman–Crippen LogP) is 3.53. The van der Waals surface area contributed by atoms with Gasteiger partial charge in [-0.15, -0.1) is 0 Å². The molecule has 2 heteroatoms. The smallest absolute Gasteiger partial charge is 0.124 e. The average molecular weight is 226 g/mol. The number of nitrogens with zero attached hydrogens (tertiary/aromatic N) is 1. The summed E-state index contributed by atoms with van der Waals surface area (Å²) in [5.74, 6) is 1.25. The third-order valence-corrected chi connectivity index (χ3v) is 2.66. The number of rotatable bonds is 3. The molecule has 0 amide bonds. The first-order valence-electron chi connectivity index (χ1n) is 5.97. The molecule has 0 unspecified atom stereocenters. The first-order chi connectivity index (χ1) is 8.15. The van der Waals surface area contributed by atoms with Crippen LogP contribution in [-0.4, -0.2) is 4.98 Å². The van der Waals surface area contributed by atoms with Gasteiger partial charge in [-0.2, -0.15) is 0 Å². The van der Waals surface area contributed by atoms with Gasteiger partial charge < -0.3 is 5.73 Å². The lowest BCUT2D eigenvalue weighted by molar-refractivity contribution is 0.647. The summed E-state index contributed by atoms with van der Waals surface area (Å²) in [5.41, 5.74) is 9.10. The van der Waals surface area contributed by atoms with Crippen LogP contribution in [0.25, 0.3) is 11.3 Å². The van der Waals surface area contributed by atoms with Crippen molar-refractivity contribution in [3.63, 3.8) is 0 Å². The molecule has 0 radical (unpaired) electrons. The molecule has 0 atom stereocenters. The second-order valence-corrected chi connectivity index (χ2v) is 4.74. The van der Waals surface area contributed by atoms with E-state index in [0.717, 1.165) is 17.7 Å². The number of aromatic nitrogens is 1. The van der Waals surface area contributed by atoms with Crippen molar-refractivity contribution in [2.45, 2.75) is 20.3 Å². The Morgan fingerprint density at radius 1 is 1.06 bits per heavy atom. The van der Waals surface area contributed by atoms with E-state index in [1.165, 1.54) is 5.56 Å². The summed E-state index contributed by atoms with van der Waals surface area (Å²) in [7, 11) is 0. The molecule has 0 bridgehead atoms. The quantitative estimate of drug-likeness (QED) is 0.869. The Kier molecular flexibility index (Phi) is 3.43. The minimum Gasteiger partial charge on any atom is -0.384 e. The molecule has 1 aromatic carbocycles. The monoisotopic (exact) mass is 226 g/mol. The Morgan fingerprint density at radius 2 is 1.76 bits per heavy atom. The van der Waals surface area contributed by atoms with Gasteiger partial charge in [0.15, 0.2) is 0 Å². The number of pyridine rings is 1. The molecular formula is C15H18N2. The van der Waals surface area contributed by atoms with Gasteiger partial charge in [-0.3, -0.25) is 0 Å². The Labute approximate surface area is 103 Å². The van der Waals surface area contributed by atoms with Gasteiger partial charge in [0.2, 0.25) is 0 Å². The molecule has 17 heavy (non-hydrogen) atoms. The van der Waals surface area contributed by atoms with E-state index in [2.05, 4.69) is 43.1 Å². The summed E-state index contributed by atoms with van der Waals surface area (Å²) in [4.78, 5) is 4.31. The fourth-order valence-electron chi connectivity index (χ4n) is 1.90. The molecule has 0 fully saturated rings. The minimum absolute atomic E-state index is 0.564. The summed E-state index contributed by atoms with van der Waals surface area (Å²) in [6, 6.07) is 14.3. The van der Waals surface area contributed by atoms with E-state index in [1.807, 2.05) is 12.1 Å². The maximum atomic E-state index is 5.68. The van der Waals surface area contributed by atoms with Crippen LogP contribution < -0.4 is 5.73 Å². The van der Waals surface area contributed by atoms with Crippen LogP contribution in [0.2, 0.25) is 0 Å². The van der Waals surface area contributed by atoms with Gasteiger partial charge in [-0.25, -0.2) is 4.98 Å². The zero-order valence-corrected chi connectivity index (χ0v) is 10.4. The number of anilines is 1. The number of benzene rings is 1. The molecule has 0 aliphatic rings. The van der Waals surface area contributed by atoms with E-state index >= 15 is 0 Å². The molecule has 0 spiro atoms. The van der Waals surface area contributed by atoms with Gasteiger partial charge in [0.25, 0.3) is 0 Å². The highest BCUT2D eigenvalue weighted by Crippen LogP contribution is 2.19. The molecule has 0 aliphatic carbocycles. The maximum Gasteiger partial charge on any atom is 0.124 e. The van der Waals surface area contributed by atoms with Gasteiger partial charge >= 0.3 is 0 Å². The van der Waals surface area contributed by atoms with E-state index in [4.69, 9.17) is 5.73 Å². The number of nitrogens with two attached hydrogens (primary N) is 1. The lowest BCUT2D eigenvalue weighted by atomic mass is 10.0. The predicted molar refractivity (Wildman–Crippen MR) is 72.6 cm³/mol. The van der Waals surface area contributed by atoms with E-state index in [1.54, 1.807) is 6.07 Å². The van der Waals surface area contributed by atoms with E-state index in [-0.39, 0.29) is 0 Å². The van der Waals surface area contributed by atoms with Crippen LogP contribution in [0.5, 0.6) is 0 Å². The Bertz CT molecular complexity index is 487. The molecule has 0 saturated heterocycles. The third-order valence-electron chi connectivity index (χ3n) is 2.66. The van der Waals surface area contributed by atoms with Gasteiger partial charge in [-0.1, -0.05) is 44.2 Å². The number of nitrogen functional groups attached to an aromatic ring is 1. The van der Waals surface area contributed by atoms with Gasteiger partial charge in [0, 0.05) is 5.56 Å². The van der Waals surface area contributed by atoms with Gasteiger partial charge in [0.1, 0.15) is 5.82 Å². The highest BCUT2D eigenvalue weighted by atomic mass is 14.8. The van der Waals surface area contributed by atoms with Gasteiger partial charge in [0.05, 0.1) is 5.69 Å². The van der Waals surface area contributed by atoms with Crippen molar-refractivity contribution in [3.05, 3.63) is 48.0 Å². The zero-order chi connectivity index (χ0) is 12.3. The van der Waals surface area contributed by atoms with Crippen molar-refractivity contribution in [2.24, 2.45) is 5.92 Å². The average Bonchev–Trinajstić information content (AvgIpc) is 2.29. The fourth-order valence-corrected chi connectivity index (χ4v) is 1.90. The topological polar surface area (TPSA) is 38.9 Å². The summed E-state index contributed by atoms with van der Waals surface area (Å²) in [5, 5.41) is 0. The van der Waals surface area contributed by atoms with Crippen molar-refractivity contribution in [2.75, 3.05) is 5.73 Å². The van der Waals surface area contributed by atoms with E-state index in [9.17, 15) is 0 Å².